The molecule has 0 aromatic carbocycles. The summed E-state index contributed by atoms with van der Waals surface area (Å²) in [5, 5.41) is 19.1. The fourth-order valence-electron chi connectivity index (χ4n) is 2.64. The van der Waals surface area contributed by atoms with Gasteiger partial charge in [0.25, 0.3) is 5.56 Å². The maximum Gasteiger partial charge on any atom is 0.275 e. The van der Waals surface area contributed by atoms with Gasteiger partial charge in [-0.1, -0.05) is 0 Å². The van der Waals surface area contributed by atoms with Crippen LogP contribution < -0.4 is 11.3 Å². The van der Waals surface area contributed by atoms with Gasteiger partial charge in [0.15, 0.2) is 11.5 Å². The third-order valence-electron chi connectivity index (χ3n) is 3.71. The smallest absolute Gasteiger partial charge is 0.275 e. The number of aliphatic hydroxyl groups excluding tert-OH is 2. The van der Waals surface area contributed by atoms with Gasteiger partial charge in [-0.25, -0.2) is 15.0 Å². The number of aromatic nitrogens is 4. The summed E-state index contributed by atoms with van der Waals surface area (Å²) in [5.74, 6) is 0.581. The van der Waals surface area contributed by atoms with E-state index in [2.05, 4.69) is 15.0 Å². The number of hydrogen-bond donors (Lipinski definition) is 3. The van der Waals surface area contributed by atoms with Gasteiger partial charge in [0.2, 0.25) is 0 Å². The van der Waals surface area contributed by atoms with Crippen molar-refractivity contribution < 1.29 is 14.9 Å². The number of hydrogen-bond acceptors (Lipinski definition) is 8. The summed E-state index contributed by atoms with van der Waals surface area (Å²) in [6, 6.07) is 0. The largest absolute Gasteiger partial charge is 0.394 e. The summed E-state index contributed by atoms with van der Waals surface area (Å²) in [4.78, 5) is 24.9. The van der Waals surface area contributed by atoms with E-state index < -0.39 is 18.4 Å². The highest BCUT2D eigenvalue weighted by atomic mass is 16.5. The number of nitrogens with two attached hydrogens (primary N) is 1. The molecule has 2 aromatic rings. The van der Waals surface area contributed by atoms with Crippen molar-refractivity contribution in [1.82, 2.24) is 19.5 Å². The molecule has 0 spiro atoms. The summed E-state index contributed by atoms with van der Waals surface area (Å²) in [7, 11) is 0. The van der Waals surface area contributed by atoms with Crippen molar-refractivity contribution in [2.75, 3.05) is 12.3 Å². The first-order valence-corrected chi connectivity index (χ1v) is 6.89. The van der Waals surface area contributed by atoms with Gasteiger partial charge >= 0.3 is 0 Å². The van der Waals surface area contributed by atoms with Crippen LogP contribution in [0.4, 0.5) is 5.82 Å². The first-order chi connectivity index (χ1) is 10.4. The Kier molecular flexibility index (Phi) is 3.55. The Bertz CT molecular complexity index is 790. The van der Waals surface area contributed by atoms with Gasteiger partial charge in [0.05, 0.1) is 12.7 Å². The van der Waals surface area contributed by atoms with E-state index in [-0.39, 0.29) is 35.7 Å². The molecule has 22 heavy (non-hydrogen) atoms. The molecule has 1 aliphatic rings. The minimum Gasteiger partial charge on any atom is -0.394 e. The van der Waals surface area contributed by atoms with Crippen LogP contribution >= 0.6 is 0 Å². The van der Waals surface area contributed by atoms with Gasteiger partial charge < -0.3 is 20.7 Å². The fraction of sp³-hybridized carbons (Fsp3) is 0.538. The minimum atomic E-state index is -0.856. The number of fused-ring (bicyclic) bond motifs is 1. The Morgan fingerprint density at radius 1 is 1.36 bits per heavy atom. The maximum atomic E-state index is 12.5. The van der Waals surface area contributed by atoms with Crippen LogP contribution in [0.3, 0.4) is 0 Å². The Hall–Kier alpha value is -2.10. The first-order valence-electron chi connectivity index (χ1n) is 6.89. The molecule has 0 amide bonds. The number of aliphatic hydroxyl groups is 2. The molecule has 1 fully saturated rings. The van der Waals surface area contributed by atoms with Crippen LogP contribution in [0.2, 0.25) is 0 Å². The molecule has 9 nitrogen and oxygen atoms in total. The highest BCUT2D eigenvalue weighted by Crippen LogP contribution is 2.29. The number of rotatable bonds is 2. The molecule has 9 heteroatoms. The third kappa shape index (κ3) is 2.23. The summed E-state index contributed by atoms with van der Waals surface area (Å²) in [6.07, 6.45) is -2.16. The Morgan fingerprint density at radius 3 is 2.73 bits per heavy atom. The zero-order valence-corrected chi connectivity index (χ0v) is 12.2. The summed E-state index contributed by atoms with van der Waals surface area (Å²) < 4.78 is 6.89. The molecule has 0 unspecified atom stereocenters. The van der Waals surface area contributed by atoms with Crippen molar-refractivity contribution in [2.24, 2.45) is 0 Å². The lowest BCUT2D eigenvalue weighted by Gasteiger charge is -2.17. The average molecular weight is 307 g/mol. The second-order valence-corrected chi connectivity index (χ2v) is 5.32. The van der Waals surface area contributed by atoms with Crippen LogP contribution in [0.5, 0.6) is 0 Å². The van der Waals surface area contributed by atoms with E-state index in [4.69, 9.17) is 10.5 Å². The SMILES string of the molecule is Cc1nc(N)c2nc(C)c(=O)n([C@@H]3C[C@H](O)[C@H](CO)O3)c2n1. The van der Waals surface area contributed by atoms with Gasteiger partial charge in [-0.05, 0) is 13.8 Å². The highest BCUT2D eigenvalue weighted by Gasteiger charge is 2.36. The van der Waals surface area contributed by atoms with Crippen LogP contribution in [0.25, 0.3) is 11.2 Å². The lowest BCUT2D eigenvalue weighted by atomic mass is 10.2. The van der Waals surface area contributed by atoms with Crippen molar-refractivity contribution in [3.05, 3.63) is 21.9 Å². The molecule has 2 aromatic heterocycles. The average Bonchev–Trinajstić information content (AvgIpc) is 2.82. The molecule has 3 rings (SSSR count). The van der Waals surface area contributed by atoms with Crippen LogP contribution in [-0.2, 0) is 4.74 Å². The van der Waals surface area contributed by atoms with E-state index >= 15 is 0 Å². The van der Waals surface area contributed by atoms with E-state index in [1.54, 1.807) is 13.8 Å². The van der Waals surface area contributed by atoms with Crippen LogP contribution in [0, 0.1) is 13.8 Å². The second kappa shape index (κ2) is 5.27. The van der Waals surface area contributed by atoms with E-state index in [1.165, 1.54) is 4.57 Å². The zero-order valence-electron chi connectivity index (χ0n) is 12.2. The number of nitrogen functional groups attached to an aromatic ring is 1. The third-order valence-corrected chi connectivity index (χ3v) is 3.71. The molecule has 0 bridgehead atoms. The van der Waals surface area contributed by atoms with Crippen molar-refractivity contribution in [3.8, 4) is 0 Å². The molecule has 3 atom stereocenters. The van der Waals surface area contributed by atoms with Gasteiger partial charge in [-0.15, -0.1) is 0 Å². The number of anilines is 1. The van der Waals surface area contributed by atoms with Crippen molar-refractivity contribution in [3.63, 3.8) is 0 Å². The monoisotopic (exact) mass is 307 g/mol. The fourth-order valence-corrected chi connectivity index (χ4v) is 2.64. The standard InChI is InChI=1S/C13H17N5O4/c1-5-13(21)18(9-3-7(20)8(4-19)22-9)12-10(15-5)11(14)16-6(2)17-12/h7-9,19-20H,3-4H2,1-2H3,(H2,14,16,17)/t7-,8-,9-/m0/s1. The molecule has 4 N–H and O–H groups in total. The van der Waals surface area contributed by atoms with E-state index in [0.717, 1.165) is 0 Å². The van der Waals surface area contributed by atoms with Crippen molar-refractivity contribution >= 4 is 17.0 Å². The number of ether oxygens (including phenoxy) is 1. The summed E-state index contributed by atoms with van der Waals surface area (Å²) >= 11 is 0. The maximum absolute atomic E-state index is 12.5. The van der Waals surface area contributed by atoms with Crippen LogP contribution in [0.15, 0.2) is 4.79 Å². The molecular weight excluding hydrogens is 290 g/mol. The van der Waals surface area contributed by atoms with Crippen LogP contribution in [-0.4, -0.2) is 48.5 Å². The molecule has 1 aliphatic heterocycles. The molecule has 0 radical (unpaired) electrons. The highest BCUT2D eigenvalue weighted by molar-refractivity contribution is 5.81. The van der Waals surface area contributed by atoms with Gasteiger partial charge in [0, 0.05) is 6.42 Å². The Labute approximate surface area is 125 Å². The predicted molar refractivity (Wildman–Crippen MR) is 77.1 cm³/mol. The van der Waals surface area contributed by atoms with Crippen molar-refractivity contribution in [2.45, 2.75) is 38.7 Å². The molecule has 1 saturated heterocycles. The predicted octanol–water partition coefficient (Wildman–Crippen LogP) is -0.974. The van der Waals surface area contributed by atoms with Gasteiger partial charge in [0.1, 0.15) is 29.4 Å². The molecule has 3 heterocycles. The quantitative estimate of drug-likeness (QED) is 0.644. The summed E-state index contributed by atoms with van der Waals surface area (Å²) in [6.45, 7) is 2.89. The Morgan fingerprint density at radius 2 is 2.09 bits per heavy atom. The lowest BCUT2D eigenvalue weighted by Crippen LogP contribution is -2.30. The number of aryl methyl sites for hydroxylation is 2. The van der Waals surface area contributed by atoms with E-state index in [0.29, 0.717) is 11.3 Å². The molecule has 118 valence electrons. The topological polar surface area (TPSA) is 136 Å². The minimum absolute atomic E-state index is 0.173. The summed E-state index contributed by atoms with van der Waals surface area (Å²) in [5.41, 5.74) is 6.30. The lowest BCUT2D eigenvalue weighted by molar-refractivity contribution is -0.0442. The second-order valence-electron chi connectivity index (χ2n) is 5.32. The van der Waals surface area contributed by atoms with Gasteiger partial charge in [-0.2, -0.15) is 0 Å². The zero-order chi connectivity index (χ0) is 16.0. The first kappa shape index (κ1) is 14.8. The van der Waals surface area contributed by atoms with Crippen molar-refractivity contribution in [1.29, 1.82) is 0 Å². The number of nitrogens with zero attached hydrogens (tertiary/aromatic N) is 4. The van der Waals surface area contributed by atoms with Crippen LogP contribution in [0.1, 0.15) is 24.2 Å². The van der Waals surface area contributed by atoms with E-state index in [1.807, 2.05) is 0 Å². The van der Waals surface area contributed by atoms with Gasteiger partial charge in [-0.3, -0.25) is 9.36 Å². The van der Waals surface area contributed by atoms with E-state index in [9.17, 15) is 15.0 Å². The molecule has 0 saturated carbocycles. The Balaban J connectivity index is 2.24. The molecule has 0 aliphatic carbocycles. The molecular formula is C13H17N5O4. The normalized spacial score (nSPS) is 25.0.